The average molecular weight is 326 g/mol. The van der Waals surface area contributed by atoms with E-state index >= 15 is 0 Å². The Bertz CT molecular complexity index is 705. The minimum atomic E-state index is -3.61. The van der Waals surface area contributed by atoms with Crippen molar-refractivity contribution >= 4 is 21.6 Å². The molecule has 0 fully saturated rings. The zero-order valence-corrected chi connectivity index (χ0v) is 13.1. The molecular formula is C14H16ClN3O2S. The van der Waals surface area contributed by atoms with E-state index in [2.05, 4.69) is 15.0 Å². The van der Waals surface area contributed by atoms with Gasteiger partial charge in [-0.2, -0.15) is 0 Å². The van der Waals surface area contributed by atoms with Crippen molar-refractivity contribution in [1.29, 1.82) is 0 Å². The average Bonchev–Trinajstić information content (AvgIpc) is 2.48. The molecule has 1 aromatic heterocycles. The van der Waals surface area contributed by atoms with E-state index in [9.17, 15) is 8.42 Å². The summed E-state index contributed by atoms with van der Waals surface area (Å²) < 4.78 is 26.9. The highest BCUT2D eigenvalue weighted by Crippen LogP contribution is 2.20. The van der Waals surface area contributed by atoms with Crippen LogP contribution in [-0.4, -0.2) is 20.4 Å². The van der Waals surface area contributed by atoms with Gasteiger partial charge in [0.05, 0.1) is 17.1 Å². The molecule has 112 valence electrons. The monoisotopic (exact) mass is 325 g/mol. The molecule has 1 heterocycles. The van der Waals surface area contributed by atoms with E-state index in [1.54, 1.807) is 43.6 Å². The first-order chi connectivity index (χ1) is 10.0. The smallest absolute Gasteiger partial charge is 0.240 e. The van der Waals surface area contributed by atoms with Crippen LogP contribution in [0.5, 0.6) is 0 Å². The summed E-state index contributed by atoms with van der Waals surface area (Å²) in [6.07, 6.45) is 1.62. The Hall–Kier alpha value is -1.47. The third-order valence-electron chi connectivity index (χ3n) is 2.87. The molecule has 21 heavy (non-hydrogen) atoms. The van der Waals surface area contributed by atoms with E-state index in [0.717, 1.165) is 5.56 Å². The summed E-state index contributed by atoms with van der Waals surface area (Å²) in [6.45, 7) is 0.722. The number of hydrogen-bond acceptors (Lipinski definition) is 4. The lowest BCUT2D eigenvalue weighted by atomic mass is 10.2. The lowest BCUT2D eigenvalue weighted by Crippen LogP contribution is -2.23. The molecule has 0 radical (unpaired) electrons. The molecule has 0 aliphatic heterocycles. The predicted molar refractivity (Wildman–Crippen MR) is 82.5 cm³/mol. The molecule has 0 aliphatic carbocycles. The number of nitrogens with zero attached hydrogens (tertiary/aromatic N) is 1. The van der Waals surface area contributed by atoms with Crippen LogP contribution in [0.15, 0.2) is 47.5 Å². The maximum Gasteiger partial charge on any atom is 0.240 e. The summed E-state index contributed by atoms with van der Waals surface area (Å²) in [4.78, 5) is 4.21. The molecule has 0 aliphatic rings. The van der Waals surface area contributed by atoms with Crippen molar-refractivity contribution in [2.24, 2.45) is 0 Å². The van der Waals surface area contributed by atoms with Crippen LogP contribution < -0.4 is 10.0 Å². The molecule has 0 saturated heterocycles. The molecule has 0 bridgehead atoms. The summed E-state index contributed by atoms with van der Waals surface area (Å²) in [5, 5.41) is 3.39. The second-order valence-corrected chi connectivity index (χ2v) is 6.60. The van der Waals surface area contributed by atoms with Gasteiger partial charge in [0.25, 0.3) is 0 Å². The van der Waals surface area contributed by atoms with Gasteiger partial charge in [-0.05, 0) is 36.9 Å². The highest BCUT2D eigenvalue weighted by Gasteiger charge is 2.15. The summed E-state index contributed by atoms with van der Waals surface area (Å²) >= 11 is 6.09. The first kappa shape index (κ1) is 15.9. The second-order valence-electron chi connectivity index (χ2n) is 4.43. The number of pyridine rings is 1. The second kappa shape index (κ2) is 7.00. The first-order valence-electron chi connectivity index (χ1n) is 6.35. The molecule has 0 unspecified atom stereocenters. The fourth-order valence-corrected chi connectivity index (χ4v) is 3.12. The highest BCUT2D eigenvalue weighted by atomic mass is 35.5. The van der Waals surface area contributed by atoms with Crippen molar-refractivity contribution in [3.05, 3.63) is 58.9 Å². The minimum Gasteiger partial charge on any atom is -0.316 e. The Morgan fingerprint density at radius 3 is 2.62 bits per heavy atom. The van der Waals surface area contributed by atoms with E-state index < -0.39 is 10.0 Å². The van der Waals surface area contributed by atoms with Crippen LogP contribution in [0, 0.1) is 0 Å². The van der Waals surface area contributed by atoms with Gasteiger partial charge in [-0.1, -0.05) is 23.7 Å². The number of aromatic nitrogens is 1. The Labute approximate surface area is 129 Å². The Kier molecular flexibility index (Phi) is 5.30. The standard InChI is InChI=1S/C14H16ClN3O2S/c1-16-9-11-5-6-13(8-14(11)15)21(19,20)18-10-12-4-2-3-7-17-12/h2-8,16,18H,9-10H2,1H3. The number of sulfonamides is 1. The molecule has 5 nitrogen and oxygen atoms in total. The van der Waals surface area contributed by atoms with Gasteiger partial charge >= 0.3 is 0 Å². The fraction of sp³-hybridized carbons (Fsp3) is 0.214. The quantitative estimate of drug-likeness (QED) is 0.851. The van der Waals surface area contributed by atoms with E-state index in [-0.39, 0.29) is 11.4 Å². The SMILES string of the molecule is CNCc1ccc(S(=O)(=O)NCc2ccccn2)cc1Cl. The van der Waals surface area contributed by atoms with Crippen molar-refractivity contribution in [2.75, 3.05) is 7.05 Å². The fourth-order valence-electron chi connectivity index (χ4n) is 1.78. The number of benzene rings is 1. The van der Waals surface area contributed by atoms with Gasteiger partial charge in [0.15, 0.2) is 0 Å². The largest absolute Gasteiger partial charge is 0.316 e. The third kappa shape index (κ3) is 4.25. The maximum absolute atomic E-state index is 12.2. The predicted octanol–water partition coefficient (Wildman–Crippen LogP) is 1.93. The number of halogens is 1. The molecule has 0 saturated carbocycles. The van der Waals surface area contributed by atoms with Crippen molar-refractivity contribution < 1.29 is 8.42 Å². The van der Waals surface area contributed by atoms with E-state index in [1.807, 2.05) is 0 Å². The van der Waals surface area contributed by atoms with E-state index in [0.29, 0.717) is 17.3 Å². The van der Waals surface area contributed by atoms with Gasteiger partial charge in [0.2, 0.25) is 10.0 Å². The Morgan fingerprint density at radius 2 is 2.00 bits per heavy atom. The van der Waals surface area contributed by atoms with Gasteiger partial charge in [-0.15, -0.1) is 0 Å². The van der Waals surface area contributed by atoms with Crippen LogP contribution in [0.3, 0.4) is 0 Å². The zero-order valence-electron chi connectivity index (χ0n) is 11.5. The molecule has 2 N–H and O–H groups in total. The van der Waals surface area contributed by atoms with E-state index in [4.69, 9.17) is 11.6 Å². The van der Waals surface area contributed by atoms with Crippen molar-refractivity contribution in [2.45, 2.75) is 18.0 Å². The summed E-state index contributed by atoms with van der Waals surface area (Å²) in [6, 6.07) is 10.0. The molecule has 0 atom stereocenters. The van der Waals surface area contributed by atoms with Crippen LogP contribution in [0.1, 0.15) is 11.3 Å². The van der Waals surface area contributed by atoms with Crippen LogP contribution in [-0.2, 0) is 23.1 Å². The van der Waals surface area contributed by atoms with Crippen LogP contribution in [0.25, 0.3) is 0 Å². The van der Waals surface area contributed by atoms with Gasteiger partial charge in [0, 0.05) is 17.8 Å². The lowest BCUT2D eigenvalue weighted by Gasteiger charge is -2.09. The van der Waals surface area contributed by atoms with Gasteiger partial charge in [-0.25, -0.2) is 13.1 Å². The zero-order chi connectivity index (χ0) is 15.3. The van der Waals surface area contributed by atoms with Gasteiger partial charge < -0.3 is 5.32 Å². The van der Waals surface area contributed by atoms with E-state index in [1.165, 1.54) is 6.07 Å². The number of nitrogens with one attached hydrogen (secondary N) is 2. The van der Waals surface area contributed by atoms with Crippen molar-refractivity contribution in [3.63, 3.8) is 0 Å². The molecule has 7 heteroatoms. The molecule has 2 aromatic rings. The van der Waals surface area contributed by atoms with Crippen molar-refractivity contribution in [1.82, 2.24) is 15.0 Å². The minimum absolute atomic E-state index is 0.138. The lowest BCUT2D eigenvalue weighted by molar-refractivity contribution is 0.580. The molecule has 2 rings (SSSR count). The number of rotatable bonds is 6. The summed E-state index contributed by atoms with van der Waals surface area (Å²) in [5.41, 5.74) is 1.50. The topological polar surface area (TPSA) is 71.1 Å². The molecule has 1 aromatic carbocycles. The normalized spacial score (nSPS) is 11.5. The number of hydrogen-bond donors (Lipinski definition) is 2. The van der Waals surface area contributed by atoms with Crippen molar-refractivity contribution in [3.8, 4) is 0 Å². The van der Waals surface area contributed by atoms with Gasteiger partial charge in [0.1, 0.15) is 0 Å². The summed E-state index contributed by atoms with van der Waals surface area (Å²) in [5.74, 6) is 0. The third-order valence-corrected chi connectivity index (χ3v) is 4.62. The highest BCUT2D eigenvalue weighted by molar-refractivity contribution is 7.89. The first-order valence-corrected chi connectivity index (χ1v) is 8.21. The summed E-state index contributed by atoms with van der Waals surface area (Å²) in [7, 11) is -1.81. The molecular weight excluding hydrogens is 310 g/mol. The molecule has 0 amide bonds. The van der Waals surface area contributed by atoms with Crippen LogP contribution >= 0.6 is 11.6 Å². The Morgan fingerprint density at radius 1 is 1.19 bits per heavy atom. The van der Waals surface area contributed by atoms with Crippen LogP contribution in [0.2, 0.25) is 5.02 Å². The maximum atomic E-state index is 12.2. The van der Waals surface area contributed by atoms with Crippen LogP contribution in [0.4, 0.5) is 0 Å². The van der Waals surface area contributed by atoms with Gasteiger partial charge in [-0.3, -0.25) is 4.98 Å². The Balaban J connectivity index is 2.14. The molecule has 0 spiro atoms.